The molecule has 1 saturated heterocycles. The van der Waals surface area contributed by atoms with Gasteiger partial charge in [-0.2, -0.15) is 4.31 Å². The number of hydrogen-bond acceptors (Lipinski definition) is 4. The number of benzene rings is 2. The molecule has 0 radical (unpaired) electrons. The predicted octanol–water partition coefficient (Wildman–Crippen LogP) is 3.49. The second-order valence-corrected chi connectivity index (χ2v) is 9.40. The van der Waals surface area contributed by atoms with Crippen LogP contribution in [-0.2, 0) is 14.8 Å². The Morgan fingerprint density at radius 1 is 1.20 bits per heavy atom. The third-order valence-electron chi connectivity index (χ3n) is 5.87. The Labute approximate surface area is 173 Å². The highest BCUT2D eigenvalue weighted by molar-refractivity contribution is 7.89. The zero-order valence-corrected chi connectivity index (χ0v) is 17.1. The Balaban J connectivity index is 1.48. The van der Waals surface area contributed by atoms with Gasteiger partial charge in [-0.15, -0.1) is 0 Å². The molecule has 1 fully saturated rings. The van der Waals surface area contributed by atoms with E-state index in [1.54, 1.807) is 24.4 Å². The molecule has 0 aliphatic carbocycles. The molecule has 2 aromatic carbocycles. The summed E-state index contributed by atoms with van der Waals surface area (Å²) in [4.78, 5) is 16.5. The summed E-state index contributed by atoms with van der Waals surface area (Å²) in [5.41, 5.74) is 3.15. The quantitative estimate of drug-likeness (QED) is 0.688. The SMILES string of the molecule is CC1c2cc(-c3c[nH]c4cc(F)ccc34)ccc2S(=O)(=O)N1CCN1CCOC1=O. The van der Waals surface area contributed by atoms with Crippen molar-refractivity contribution in [3.8, 4) is 11.1 Å². The molecule has 3 aromatic rings. The minimum atomic E-state index is -3.64. The molecule has 0 saturated carbocycles. The lowest BCUT2D eigenvalue weighted by molar-refractivity contribution is 0.156. The smallest absolute Gasteiger partial charge is 0.409 e. The molecule has 1 N–H and O–H groups in total. The highest BCUT2D eigenvalue weighted by Crippen LogP contribution is 2.41. The van der Waals surface area contributed by atoms with Gasteiger partial charge in [0.15, 0.2) is 0 Å². The molecular weight excluding hydrogens is 409 g/mol. The van der Waals surface area contributed by atoms with E-state index in [1.165, 1.54) is 21.3 Å². The van der Waals surface area contributed by atoms with E-state index < -0.39 is 16.1 Å². The fraction of sp³-hybridized carbons (Fsp3) is 0.286. The first-order chi connectivity index (χ1) is 14.4. The Morgan fingerprint density at radius 2 is 2.03 bits per heavy atom. The van der Waals surface area contributed by atoms with Gasteiger partial charge in [-0.1, -0.05) is 6.07 Å². The lowest BCUT2D eigenvalue weighted by Crippen LogP contribution is -2.37. The molecule has 5 rings (SSSR count). The molecule has 30 heavy (non-hydrogen) atoms. The standard InChI is InChI=1S/C21H20FN3O4S/c1-13-17-10-14(18-12-23-19-11-15(22)3-4-16(18)19)2-5-20(17)30(27,28)25(13)7-6-24-8-9-29-21(24)26/h2-5,10-13,23H,6-9H2,1H3. The van der Waals surface area contributed by atoms with Crippen molar-refractivity contribution in [2.24, 2.45) is 0 Å². The van der Waals surface area contributed by atoms with Crippen LogP contribution in [0, 0.1) is 5.82 Å². The summed E-state index contributed by atoms with van der Waals surface area (Å²) in [6.07, 6.45) is 1.39. The number of aromatic amines is 1. The van der Waals surface area contributed by atoms with E-state index in [-0.39, 0.29) is 29.8 Å². The molecule has 1 atom stereocenters. The van der Waals surface area contributed by atoms with Crippen LogP contribution in [-0.4, -0.2) is 54.9 Å². The van der Waals surface area contributed by atoms with Gasteiger partial charge in [0.1, 0.15) is 12.4 Å². The zero-order valence-electron chi connectivity index (χ0n) is 16.3. The van der Waals surface area contributed by atoms with E-state index in [4.69, 9.17) is 4.74 Å². The maximum absolute atomic E-state index is 13.5. The molecule has 1 unspecified atom stereocenters. The summed E-state index contributed by atoms with van der Waals surface area (Å²) in [6.45, 7) is 3.14. The van der Waals surface area contributed by atoms with Crippen LogP contribution < -0.4 is 0 Å². The molecule has 0 bridgehead atoms. The van der Waals surface area contributed by atoms with Gasteiger partial charge in [-0.3, -0.25) is 0 Å². The minimum absolute atomic E-state index is 0.203. The summed E-state index contributed by atoms with van der Waals surface area (Å²) in [7, 11) is -3.64. The number of sulfonamides is 1. The third-order valence-corrected chi connectivity index (χ3v) is 7.91. The Morgan fingerprint density at radius 3 is 2.80 bits per heavy atom. The minimum Gasteiger partial charge on any atom is -0.448 e. The summed E-state index contributed by atoms with van der Waals surface area (Å²) >= 11 is 0. The van der Waals surface area contributed by atoms with Gasteiger partial charge < -0.3 is 14.6 Å². The van der Waals surface area contributed by atoms with Gasteiger partial charge in [-0.05, 0) is 48.4 Å². The van der Waals surface area contributed by atoms with E-state index in [1.807, 2.05) is 13.0 Å². The Hall–Kier alpha value is -2.91. The van der Waals surface area contributed by atoms with E-state index in [0.29, 0.717) is 24.2 Å². The maximum atomic E-state index is 13.5. The first kappa shape index (κ1) is 19.1. The average Bonchev–Trinajstić information content (AvgIpc) is 3.37. The van der Waals surface area contributed by atoms with Gasteiger partial charge in [0.2, 0.25) is 10.0 Å². The lowest BCUT2D eigenvalue weighted by atomic mass is 9.99. The van der Waals surface area contributed by atoms with Gasteiger partial charge in [0.05, 0.1) is 11.4 Å². The number of rotatable bonds is 4. The van der Waals surface area contributed by atoms with Crippen molar-refractivity contribution in [2.45, 2.75) is 17.9 Å². The largest absolute Gasteiger partial charge is 0.448 e. The van der Waals surface area contributed by atoms with Crippen LogP contribution in [0.25, 0.3) is 22.0 Å². The number of H-pyrrole nitrogens is 1. The van der Waals surface area contributed by atoms with Crippen molar-refractivity contribution >= 4 is 27.0 Å². The molecule has 156 valence electrons. The normalized spacial score (nSPS) is 20.7. The number of halogens is 1. The van der Waals surface area contributed by atoms with Crippen molar-refractivity contribution in [2.75, 3.05) is 26.2 Å². The second-order valence-electron chi connectivity index (χ2n) is 7.54. The molecule has 9 heteroatoms. The fourth-order valence-electron chi connectivity index (χ4n) is 4.27. The van der Waals surface area contributed by atoms with E-state index in [9.17, 15) is 17.6 Å². The van der Waals surface area contributed by atoms with Crippen LogP contribution in [0.3, 0.4) is 0 Å². The third kappa shape index (κ3) is 2.88. The van der Waals surface area contributed by atoms with Crippen molar-refractivity contribution in [3.63, 3.8) is 0 Å². The number of ether oxygens (including phenoxy) is 1. The number of nitrogens with one attached hydrogen (secondary N) is 1. The molecule has 1 amide bonds. The molecule has 0 spiro atoms. The maximum Gasteiger partial charge on any atom is 0.409 e. The topological polar surface area (TPSA) is 82.7 Å². The fourth-order valence-corrected chi connectivity index (χ4v) is 6.14. The van der Waals surface area contributed by atoms with Gasteiger partial charge in [0.25, 0.3) is 0 Å². The van der Waals surface area contributed by atoms with Gasteiger partial charge >= 0.3 is 6.09 Å². The Kier molecular flexibility index (Phi) is 4.33. The van der Waals surface area contributed by atoms with Crippen molar-refractivity contribution < 1.29 is 22.3 Å². The van der Waals surface area contributed by atoms with E-state index >= 15 is 0 Å². The van der Waals surface area contributed by atoms with Crippen molar-refractivity contribution in [1.82, 2.24) is 14.2 Å². The van der Waals surface area contributed by atoms with Crippen molar-refractivity contribution in [3.05, 3.63) is 54.0 Å². The summed E-state index contributed by atoms with van der Waals surface area (Å²) in [6, 6.07) is 9.49. The summed E-state index contributed by atoms with van der Waals surface area (Å²) in [5, 5.41) is 0.870. The number of carbonyl (C=O) groups excluding carboxylic acids is 1. The molecule has 2 aliphatic rings. The predicted molar refractivity (Wildman–Crippen MR) is 109 cm³/mol. The number of nitrogens with zero attached hydrogens (tertiary/aromatic N) is 2. The summed E-state index contributed by atoms with van der Waals surface area (Å²) < 4.78 is 46.0. The number of cyclic esters (lactones) is 1. The first-order valence-corrected chi connectivity index (χ1v) is 11.1. The number of amides is 1. The number of aromatic nitrogens is 1. The molecule has 7 nitrogen and oxygen atoms in total. The van der Waals surface area contributed by atoms with Crippen LogP contribution in [0.4, 0.5) is 9.18 Å². The van der Waals surface area contributed by atoms with Gasteiger partial charge in [0, 0.05) is 41.8 Å². The van der Waals surface area contributed by atoms with Gasteiger partial charge in [-0.25, -0.2) is 17.6 Å². The zero-order chi connectivity index (χ0) is 21.0. The molecule has 1 aromatic heterocycles. The first-order valence-electron chi connectivity index (χ1n) is 9.71. The van der Waals surface area contributed by atoms with Crippen molar-refractivity contribution in [1.29, 1.82) is 0 Å². The summed E-state index contributed by atoms with van der Waals surface area (Å²) in [5.74, 6) is -0.318. The van der Waals surface area contributed by atoms with Crippen LogP contribution in [0.2, 0.25) is 0 Å². The number of fused-ring (bicyclic) bond motifs is 2. The molecule has 2 aliphatic heterocycles. The van der Waals surface area contributed by atoms with Crippen LogP contribution in [0.15, 0.2) is 47.5 Å². The monoisotopic (exact) mass is 429 g/mol. The number of hydrogen-bond donors (Lipinski definition) is 1. The van der Waals surface area contributed by atoms with E-state index in [0.717, 1.165) is 16.5 Å². The molecular formula is C21H20FN3O4S. The highest BCUT2D eigenvalue weighted by Gasteiger charge is 2.40. The molecule has 3 heterocycles. The van der Waals surface area contributed by atoms with Crippen LogP contribution in [0.5, 0.6) is 0 Å². The second kappa shape index (κ2) is 6.82. The Bertz CT molecular complexity index is 1270. The van der Waals surface area contributed by atoms with Crippen LogP contribution >= 0.6 is 0 Å². The average molecular weight is 429 g/mol. The van der Waals surface area contributed by atoms with Crippen LogP contribution in [0.1, 0.15) is 18.5 Å². The highest BCUT2D eigenvalue weighted by atomic mass is 32.2. The van der Waals surface area contributed by atoms with E-state index in [2.05, 4.69) is 4.98 Å². The number of carbonyl (C=O) groups is 1. The lowest BCUT2D eigenvalue weighted by Gasteiger charge is -2.22.